The highest BCUT2D eigenvalue weighted by Gasteiger charge is 2.14. The van der Waals surface area contributed by atoms with Crippen molar-refractivity contribution in [3.05, 3.63) is 47.5 Å². The Bertz CT molecular complexity index is 561. The lowest BCUT2D eigenvalue weighted by Gasteiger charge is -2.17. The summed E-state index contributed by atoms with van der Waals surface area (Å²) in [4.78, 5) is 4.37. The fourth-order valence-electron chi connectivity index (χ4n) is 2.48. The van der Waals surface area contributed by atoms with Crippen LogP contribution in [-0.2, 0) is 19.4 Å². The van der Waals surface area contributed by atoms with E-state index >= 15 is 0 Å². The van der Waals surface area contributed by atoms with E-state index in [1.807, 2.05) is 4.68 Å². The van der Waals surface area contributed by atoms with Crippen molar-refractivity contribution in [3.8, 4) is 0 Å². The predicted molar refractivity (Wildman–Crippen MR) is 84.6 cm³/mol. The van der Waals surface area contributed by atoms with Gasteiger partial charge >= 0.3 is 0 Å². The molecule has 0 aliphatic heterocycles. The van der Waals surface area contributed by atoms with Gasteiger partial charge in [-0.15, -0.1) is 0 Å². The highest BCUT2D eigenvalue weighted by molar-refractivity contribution is 5.23. The van der Waals surface area contributed by atoms with Gasteiger partial charge in [0, 0.05) is 19.0 Å². The third-order valence-electron chi connectivity index (χ3n) is 3.46. The van der Waals surface area contributed by atoms with Gasteiger partial charge in [-0.1, -0.05) is 43.7 Å². The van der Waals surface area contributed by atoms with Crippen molar-refractivity contribution in [1.29, 1.82) is 0 Å². The topological polar surface area (TPSA) is 68.8 Å². The van der Waals surface area contributed by atoms with Crippen LogP contribution >= 0.6 is 0 Å². The molecule has 2 aromatic rings. The summed E-state index contributed by atoms with van der Waals surface area (Å²) in [6.45, 7) is 7.35. The minimum Gasteiger partial charge on any atom is -0.271 e. The lowest BCUT2D eigenvalue weighted by molar-refractivity contribution is 0.441. The molecule has 1 heterocycles. The summed E-state index contributed by atoms with van der Waals surface area (Å²) in [6.07, 6.45) is 3.28. The first-order valence-electron chi connectivity index (χ1n) is 7.47. The van der Waals surface area contributed by atoms with Crippen LogP contribution in [0.2, 0.25) is 0 Å². The van der Waals surface area contributed by atoms with E-state index in [-0.39, 0.29) is 6.04 Å². The van der Waals surface area contributed by atoms with Gasteiger partial charge in [-0.3, -0.25) is 11.3 Å². The van der Waals surface area contributed by atoms with Gasteiger partial charge in [0.05, 0.1) is 0 Å². The fraction of sp³-hybridized carbons (Fsp3) is 0.500. The molecule has 3 N–H and O–H groups in total. The Morgan fingerprint density at radius 3 is 2.76 bits per heavy atom. The highest BCUT2D eigenvalue weighted by atomic mass is 15.3. The van der Waals surface area contributed by atoms with Crippen LogP contribution in [-0.4, -0.2) is 20.8 Å². The van der Waals surface area contributed by atoms with Gasteiger partial charge in [0.1, 0.15) is 12.2 Å². The van der Waals surface area contributed by atoms with E-state index in [0.717, 1.165) is 25.2 Å². The van der Waals surface area contributed by atoms with Gasteiger partial charge in [0.25, 0.3) is 0 Å². The molecule has 0 aliphatic carbocycles. The number of benzene rings is 1. The van der Waals surface area contributed by atoms with Crippen molar-refractivity contribution in [2.75, 3.05) is 0 Å². The second-order valence-corrected chi connectivity index (χ2v) is 6.01. The number of hydrogen-bond acceptors (Lipinski definition) is 4. The Hall–Kier alpha value is -1.72. The summed E-state index contributed by atoms with van der Waals surface area (Å²) < 4.78 is 1.98. The number of aryl methyl sites for hydroxylation is 1. The van der Waals surface area contributed by atoms with Gasteiger partial charge in [-0.05, 0) is 24.8 Å². The van der Waals surface area contributed by atoms with Crippen molar-refractivity contribution >= 4 is 0 Å². The maximum atomic E-state index is 5.72. The summed E-state index contributed by atoms with van der Waals surface area (Å²) in [5.41, 5.74) is 5.46. The summed E-state index contributed by atoms with van der Waals surface area (Å²) in [5, 5.41) is 4.30. The zero-order valence-corrected chi connectivity index (χ0v) is 13.1. The monoisotopic (exact) mass is 287 g/mol. The van der Waals surface area contributed by atoms with Gasteiger partial charge in [0.2, 0.25) is 0 Å². The predicted octanol–water partition coefficient (Wildman–Crippen LogP) is 1.86. The molecule has 2 rings (SSSR count). The maximum absolute atomic E-state index is 5.72. The number of rotatable bonds is 7. The van der Waals surface area contributed by atoms with Gasteiger partial charge in [-0.25, -0.2) is 9.67 Å². The molecule has 0 saturated carbocycles. The molecule has 0 radical (unpaired) electrons. The van der Waals surface area contributed by atoms with Crippen LogP contribution in [0.4, 0.5) is 0 Å². The largest absolute Gasteiger partial charge is 0.271 e. The van der Waals surface area contributed by atoms with Crippen molar-refractivity contribution in [3.63, 3.8) is 0 Å². The molecule has 0 bridgehead atoms. The Labute approximate surface area is 126 Å². The molecule has 1 aromatic carbocycles. The summed E-state index contributed by atoms with van der Waals surface area (Å²) in [5.74, 6) is 7.25. The molecule has 1 atom stereocenters. The highest BCUT2D eigenvalue weighted by Crippen LogP contribution is 2.10. The number of aromatic nitrogens is 3. The summed E-state index contributed by atoms with van der Waals surface area (Å²) in [6, 6.07) is 8.67. The van der Waals surface area contributed by atoms with E-state index in [2.05, 4.69) is 60.5 Å². The average molecular weight is 287 g/mol. The molecular weight excluding hydrogens is 262 g/mol. The van der Waals surface area contributed by atoms with Gasteiger partial charge in [-0.2, -0.15) is 5.10 Å². The van der Waals surface area contributed by atoms with Crippen LogP contribution in [0, 0.1) is 12.8 Å². The Balaban J connectivity index is 2.04. The van der Waals surface area contributed by atoms with E-state index in [9.17, 15) is 0 Å². The standard InChI is InChI=1S/C16H25N5/c1-12(2)10-21-16(18-11-19-21)9-15(20-17)8-14-6-4-5-13(3)7-14/h4-7,11-12,15,20H,8-10,17H2,1-3H3. The van der Waals surface area contributed by atoms with E-state index in [1.165, 1.54) is 11.1 Å². The van der Waals surface area contributed by atoms with Crippen LogP contribution in [0.25, 0.3) is 0 Å². The summed E-state index contributed by atoms with van der Waals surface area (Å²) in [7, 11) is 0. The molecule has 1 unspecified atom stereocenters. The van der Waals surface area contributed by atoms with Crippen molar-refractivity contribution < 1.29 is 0 Å². The molecule has 21 heavy (non-hydrogen) atoms. The van der Waals surface area contributed by atoms with E-state index in [1.54, 1.807) is 6.33 Å². The van der Waals surface area contributed by atoms with Gasteiger partial charge in [0.15, 0.2) is 0 Å². The number of hydrazine groups is 1. The average Bonchev–Trinajstić information content (AvgIpc) is 2.84. The normalized spacial score (nSPS) is 12.8. The van der Waals surface area contributed by atoms with Crippen molar-refractivity contribution in [2.45, 2.75) is 46.2 Å². The van der Waals surface area contributed by atoms with Crippen LogP contribution in [0.3, 0.4) is 0 Å². The molecule has 5 nitrogen and oxygen atoms in total. The van der Waals surface area contributed by atoms with Crippen molar-refractivity contribution in [1.82, 2.24) is 20.2 Å². The smallest absolute Gasteiger partial charge is 0.138 e. The van der Waals surface area contributed by atoms with Crippen LogP contribution < -0.4 is 11.3 Å². The molecule has 1 aromatic heterocycles. The number of hydrogen-bond donors (Lipinski definition) is 2. The summed E-state index contributed by atoms with van der Waals surface area (Å²) >= 11 is 0. The molecule has 0 saturated heterocycles. The van der Waals surface area contributed by atoms with Gasteiger partial charge < -0.3 is 0 Å². The molecule has 0 spiro atoms. The number of nitrogens with zero attached hydrogens (tertiary/aromatic N) is 3. The Morgan fingerprint density at radius 1 is 1.29 bits per heavy atom. The first kappa shape index (κ1) is 15.7. The zero-order chi connectivity index (χ0) is 15.2. The van der Waals surface area contributed by atoms with Crippen LogP contribution in [0.15, 0.2) is 30.6 Å². The molecular formula is C16H25N5. The molecule has 0 amide bonds. The minimum atomic E-state index is 0.155. The molecule has 0 aliphatic rings. The second kappa shape index (κ2) is 7.33. The van der Waals surface area contributed by atoms with E-state index in [0.29, 0.717) is 5.92 Å². The second-order valence-electron chi connectivity index (χ2n) is 6.01. The van der Waals surface area contributed by atoms with Crippen molar-refractivity contribution in [2.24, 2.45) is 11.8 Å². The third kappa shape index (κ3) is 4.65. The van der Waals surface area contributed by atoms with Crippen LogP contribution in [0.1, 0.15) is 30.8 Å². The lowest BCUT2D eigenvalue weighted by Crippen LogP contribution is -2.39. The maximum Gasteiger partial charge on any atom is 0.138 e. The first-order chi connectivity index (χ1) is 10.1. The van der Waals surface area contributed by atoms with E-state index < -0.39 is 0 Å². The number of nitrogens with one attached hydrogen (secondary N) is 1. The quantitative estimate of drug-likeness (QED) is 0.602. The molecule has 0 fully saturated rings. The third-order valence-corrected chi connectivity index (χ3v) is 3.46. The first-order valence-corrected chi connectivity index (χ1v) is 7.47. The molecule has 114 valence electrons. The van der Waals surface area contributed by atoms with Crippen LogP contribution in [0.5, 0.6) is 0 Å². The SMILES string of the molecule is Cc1cccc(CC(Cc2ncnn2CC(C)C)NN)c1. The van der Waals surface area contributed by atoms with E-state index in [4.69, 9.17) is 5.84 Å². The number of nitrogens with two attached hydrogens (primary N) is 1. The zero-order valence-electron chi connectivity index (χ0n) is 13.1. The Kier molecular flexibility index (Phi) is 5.47. The Morgan fingerprint density at radius 2 is 2.10 bits per heavy atom. The lowest BCUT2D eigenvalue weighted by atomic mass is 10.0. The minimum absolute atomic E-state index is 0.155. The molecule has 5 heteroatoms. The fourth-order valence-corrected chi connectivity index (χ4v) is 2.48.